The van der Waals surface area contributed by atoms with Crippen LogP contribution < -0.4 is 14.8 Å². The monoisotopic (exact) mass is 277 g/mol. The number of amides is 1. The van der Waals surface area contributed by atoms with Gasteiger partial charge in [-0.1, -0.05) is 12.1 Å². The Hall–Kier alpha value is -2.01. The number of hydrogen-bond donors (Lipinski definition) is 1. The Bertz CT molecular complexity index is 525. The van der Waals surface area contributed by atoms with Crippen molar-refractivity contribution >= 4 is 17.2 Å². The Morgan fingerprint density at radius 3 is 2.74 bits per heavy atom. The van der Waals surface area contributed by atoms with Crippen LogP contribution in [0.2, 0.25) is 0 Å². The van der Waals surface area contributed by atoms with E-state index in [4.69, 9.17) is 9.47 Å². The van der Waals surface area contributed by atoms with Crippen LogP contribution in [0.25, 0.3) is 0 Å². The third-order valence-corrected chi connectivity index (χ3v) is 3.23. The highest BCUT2D eigenvalue weighted by Crippen LogP contribution is 2.25. The first kappa shape index (κ1) is 13.4. The molecule has 0 radical (unpaired) electrons. The molecule has 0 spiro atoms. The number of benzene rings is 1. The van der Waals surface area contributed by atoms with Gasteiger partial charge in [-0.05, 0) is 34.5 Å². The highest BCUT2D eigenvalue weighted by Gasteiger charge is 2.06. The summed E-state index contributed by atoms with van der Waals surface area (Å²) in [5, 5.41) is 6.78. The average Bonchev–Trinajstić information content (AvgIpc) is 2.96. The van der Waals surface area contributed by atoms with Crippen LogP contribution in [-0.2, 0) is 11.3 Å². The summed E-state index contributed by atoms with van der Waals surface area (Å²) >= 11 is 1.61. The van der Waals surface area contributed by atoms with E-state index in [1.165, 1.54) is 0 Å². The first-order valence-electron chi connectivity index (χ1n) is 5.83. The fourth-order valence-corrected chi connectivity index (χ4v) is 2.19. The molecule has 0 aliphatic heterocycles. The average molecular weight is 277 g/mol. The maximum Gasteiger partial charge on any atom is 0.258 e. The van der Waals surface area contributed by atoms with Gasteiger partial charge in [-0.2, -0.15) is 11.3 Å². The van der Waals surface area contributed by atoms with Crippen molar-refractivity contribution in [2.24, 2.45) is 0 Å². The van der Waals surface area contributed by atoms with Crippen molar-refractivity contribution in [2.75, 3.05) is 13.7 Å². The normalized spacial score (nSPS) is 9.95. The molecule has 0 bridgehead atoms. The van der Waals surface area contributed by atoms with Crippen LogP contribution in [0.4, 0.5) is 0 Å². The zero-order valence-electron chi connectivity index (χ0n) is 10.6. The van der Waals surface area contributed by atoms with Crippen molar-refractivity contribution in [3.63, 3.8) is 0 Å². The second-order valence-corrected chi connectivity index (χ2v) is 4.63. The summed E-state index contributed by atoms with van der Waals surface area (Å²) in [4.78, 5) is 11.6. The van der Waals surface area contributed by atoms with Crippen molar-refractivity contribution < 1.29 is 14.3 Å². The lowest BCUT2D eigenvalue weighted by molar-refractivity contribution is -0.123. The standard InChI is InChI=1S/C14H15NO3S/c1-17-12-4-2-3-5-13(12)18-9-14(16)15-8-11-6-7-19-10-11/h2-7,10H,8-9H2,1H3,(H,15,16). The maximum absolute atomic E-state index is 11.6. The summed E-state index contributed by atoms with van der Waals surface area (Å²) in [7, 11) is 1.57. The number of carbonyl (C=O) groups excluding carboxylic acids is 1. The molecule has 0 aliphatic carbocycles. The smallest absolute Gasteiger partial charge is 0.258 e. The van der Waals surface area contributed by atoms with Crippen LogP contribution >= 0.6 is 11.3 Å². The molecule has 100 valence electrons. The molecule has 1 aromatic heterocycles. The molecule has 0 saturated heterocycles. The number of hydrogen-bond acceptors (Lipinski definition) is 4. The van der Waals surface area contributed by atoms with Gasteiger partial charge in [-0.3, -0.25) is 4.79 Å². The SMILES string of the molecule is COc1ccccc1OCC(=O)NCc1ccsc1. The van der Waals surface area contributed by atoms with Gasteiger partial charge in [-0.15, -0.1) is 0 Å². The van der Waals surface area contributed by atoms with E-state index >= 15 is 0 Å². The quantitative estimate of drug-likeness (QED) is 0.882. The van der Waals surface area contributed by atoms with Gasteiger partial charge in [0.15, 0.2) is 18.1 Å². The summed E-state index contributed by atoms with van der Waals surface area (Å²) in [6, 6.07) is 9.22. The zero-order valence-corrected chi connectivity index (χ0v) is 11.4. The van der Waals surface area contributed by atoms with Crippen LogP contribution in [0.5, 0.6) is 11.5 Å². The molecule has 0 saturated carbocycles. The molecule has 1 N–H and O–H groups in total. The van der Waals surface area contributed by atoms with E-state index in [2.05, 4.69) is 5.32 Å². The minimum atomic E-state index is -0.155. The van der Waals surface area contributed by atoms with E-state index in [0.29, 0.717) is 18.0 Å². The lowest BCUT2D eigenvalue weighted by Crippen LogP contribution is -2.28. The van der Waals surface area contributed by atoms with Gasteiger partial charge in [0.25, 0.3) is 5.91 Å². The molecule has 0 atom stereocenters. The van der Waals surface area contributed by atoms with Crippen molar-refractivity contribution in [3.8, 4) is 11.5 Å². The molecule has 1 aromatic carbocycles. The maximum atomic E-state index is 11.6. The number of thiophene rings is 1. The molecular weight excluding hydrogens is 262 g/mol. The van der Waals surface area contributed by atoms with Gasteiger partial charge in [0.2, 0.25) is 0 Å². The van der Waals surface area contributed by atoms with E-state index in [-0.39, 0.29) is 12.5 Å². The molecule has 0 aliphatic rings. The van der Waals surface area contributed by atoms with Gasteiger partial charge in [0, 0.05) is 6.54 Å². The molecule has 2 rings (SSSR count). The zero-order chi connectivity index (χ0) is 13.5. The number of methoxy groups -OCH3 is 1. The Morgan fingerprint density at radius 2 is 2.05 bits per heavy atom. The molecule has 0 unspecified atom stereocenters. The minimum Gasteiger partial charge on any atom is -0.493 e. The first-order valence-corrected chi connectivity index (χ1v) is 6.77. The number of nitrogens with one attached hydrogen (secondary N) is 1. The highest BCUT2D eigenvalue weighted by molar-refractivity contribution is 7.07. The van der Waals surface area contributed by atoms with Crippen molar-refractivity contribution in [1.82, 2.24) is 5.32 Å². The summed E-state index contributed by atoms with van der Waals surface area (Å²) in [5.41, 5.74) is 1.09. The molecule has 1 amide bonds. The minimum absolute atomic E-state index is 0.0233. The van der Waals surface area contributed by atoms with Gasteiger partial charge >= 0.3 is 0 Å². The topological polar surface area (TPSA) is 47.6 Å². The Morgan fingerprint density at radius 1 is 1.26 bits per heavy atom. The van der Waals surface area contributed by atoms with E-state index < -0.39 is 0 Å². The summed E-state index contributed by atoms with van der Waals surface area (Å²) in [5.74, 6) is 1.03. The van der Waals surface area contributed by atoms with Crippen molar-refractivity contribution in [2.45, 2.75) is 6.54 Å². The molecule has 1 heterocycles. The van der Waals surface area contributed by atoms with E-state index in [0.717, 1.165) is 5.56 Å². The molecule has 5 heteroatoms. The second-order valence-electron chi connectivity index (χ2n) is 3.85. The lowest BCUT2D eigenvalue weighted by atomic mass is 10.3. The van der Waals surface area contributed by atoms with Crippen molar-refractivity contribution in [3.05, 3.63) is 46.7 Å². The molecular formula is C14H15NO3S. The Labute approximate surface area is 116 Å². The van der Waals surface area contributed by atoms with Gasteiger partial charge in [-0.25, -0.2) is 0 Å². The summed E-state index contributed by atoms with van der Waals surface area (Å²) < 4.78 is 10.6. The van der Waals surface area contributed by atoms with Gasteiger partial charge in [0.1, 0.15) is 0 Å². The van der Waals surface area contributed by atoms with Gasteiger partial charge < -0.3 is 14.8 Å². The lowest BCUT2D eigenvalue weighted by Gasteiger charge is -2.10. The predicted octanol–water partition coefficient (Wildman–Crippen LogP) is 2.45. The summed E-state index contributed by atoms with van der Waals surface area (Å²) in [6.07, 6.45) is 0. The third kappa shape index (κ3) is 3.99. The van der Waals surface area contributed by atoms with Crippen LogP contribution in [0.15, 0.2) is 41.1 Å². The first-order chi connectivity index (χ1) is 9.29. The fraction of sp³-hybridized carbons (Fsp3) is 0.214. The number of carbonyl (C=O) groups is 1. The predicted molar refractivity (Wildman–Crippen MR) is 74.7 cm³/mol. The van der Waals surface area contributed by atoms with E-state index in [1.54, 1.807) is 30.6 Å². The molecule has 19 heavy (non-hydrogen) atoms. The third-order valence-electron chi connectivity index (χ3n) is 2.50. The highest BCUT2D eigenvalue weighted by atomic mass is 32.1. The van der Waals surface area contributed by atoms with Crippen molar-refractivity contribution in [1.29, 1.82) is 0 Å². The summed E-state index contributed by atoms with van der Waals surface area (Å²) in [6.45, 7) is 0.502. The van der Waals surface area contributed by atoms with Crippen LogP contribution in [0.1, 0.15) is 5.56 Å². The number of rotatable bonds is 6. The molecule has 2 aromatic rings. The van der Waals surface area contributed by atoms with Crippen LogP contribution in [0, 0.1) is 0 Å². The largest absolute Gasteiger partial charge is 0.493 e. The van der Waals surface area contributed by atoms with Crippen LogP contribution in [0.3, 0.4) is 0 Å². The Kier molecular flexibility index (Phi) is 4.80. The molecule has 0 fully saturated rings. The fourth-order valence-electron chi connectivity index (χ4n) is 1.53. The van der Waals surface area contributed by atoms with Gasteiger partial charge in [0.05, 0.1) is 7.11 Å². The number of para-hydroxylation sites is 2. The van der Waals surface area contributed by atoms with E-state index in [9.17, 15) is 4.79 Å². The number of ether oxygens (including phenoxy) is 2. The second kappa shape index (κ2) is 6.80. The van der Waals surface area contributed by atoms with Crippen LogP contribution in [-0.4, -0.2) is 19.6 Å². The van der Waals surface area contributed by atoms with E-state index in [1.807, 2.05) is 29.0 Å². The Balaban J connectivity index is 1.80. The molecule has 4 nitrogen and oxygen atoms in total.